The number of nitrogen functional groups attached to an aromatic ring is 2. The smallest absolute Gasteiger partial charge is 0.250 e. The van der Waals surface area contributed by atoms with Crippen molar-refractivity contribution < 1.29 is 9.59 Å². The Morgan fingerprint density at radius 1 is 0.750 bits per heavy atom. The van der Waals surface area contributed by atoms with Crippen LogP contribution in [0.15, 0.2) is 36.4 Å². The molecule has 0 aromatic heterocycles. The normalized spacial score (nSPS) is 10.2. The van der Waals surface area contributed by atoms with Crippen molar-refractivity contribution in [2.75, 3.05) is 35.2 Å². The van der Waals surface area contributed by atoms with Gasteiger partial charge in [-0.1, -0.05) is 12.1 Å². The number of nitrogens with two attached hydrogens (primary N) is 4. The van der Waals surface area contributed by atoms with Crippen molar-refractivity contribution in [1.82, 2.24) is 0 Å². The zero-order valence-corrected chi connectivity index (χ0v) is 13.0. The minimum atomic E-state index is -0.568. The second-order valence-corrected chi connectivity index (χ2v) is 5.12. The van der Waals surface area contributed by atoms with Crippen LogP contribution < -0.4 is 33.6 Å². The molecule has 2 aromatic rings. The van der Waals surface area contributed by atoms with E-state index in [2.05, 4.69) is 10.6 Å². The molecule has 0 fully saturated rings. The minimum absolute atomic E-state index is 0.312. The molecule has 10 N–H and O–H groups in total. The Morgan fingerprint density at radius 2 is 1.12 bits per heavy atom. The van der Waals surface area contributed by atoms with Gasteiger partial charge in [0.25, 0.3) is 11.8 Å². The Kier molecular flexibility index (Phi) is 5.10. The van der Waals surface area contributed by atoms with E-state index >= 15 is 0 Å². The van der Waals surface area contributed by atoms with Crippen LogP contribution in [0.25, 0.3) is 0 Å². The number of hydrogen-bond donors (Lipinski definition) is 6. The van der Waals surface area contributed by atoms with E-state index in [4.69, 9.17) is 22.9 Å². The molecule has 0 unspecified atom stereocenters. The number of primary amides is 2. The van der Waals surface area contributed by atoms with Gasteiger partial charge in [0.1, 0.15) is 0 Å². The molecule has 24 heavy (non-hydrogen) atoms. The number of carbonyl (C=O) groups is 2. The van der Waals surface area contributed by atoms with Crippen LogP contribution in [0.5, 0.6) is 0 Å². The number of nitrogens with one attached hydrogen (secondary N) is 2. The van der Waals surface area contributed by atoms with Gasteiger partial charge in [-0.3, -0.25) is 9.59 Å². The molecule has 0 saturated heterocycles. The number of carbonyl (C=O) groups excluding carboxylic acids is 2. The van der Waals surface area contributed by atoms with Crippen LogP contribution in [-0.2, 0) is 0 Å². The maximum Gasteiger partial charge on any atom is 0.250 e. The van der Waals surface area contributed by atoms with Crippen molar-refractivity contribution in [3.05, 3.63) is 47.5 Å². The molecule has 2 rings (SSSR count). The maximum absolute atomic E-state index is 11.4. The molecule has 8 heteroatoms. The molecule has 0 aliphatic rings. The van der Waals surface area contributed by atoms with Crippen LogP contribution in [-0.4, -0.2) is 24.9 Å². The molecular formula is C16H20N6O2. The van der Waals surface area contributed by atoms with E-state index in [0.717, 1.165) is 0 Å². The topological polar surface area (TPSA) is 162 Å². The summed E-state index contributed by atoms with van der Waals surface area (Å²) < 4.78 is 0. The molecule has 0 atom stereocenters. The van der Waals surface area contributed by atoms with Gasteiger partial charge in [0.05, 0.1) is 33.9 Å². The summed E-state index contributed by atoms with van der Waals surface area (Å²) in [5.74, 6) is -1.14. The molecule has 0 bridgehead atoms. The molecule has 2 aromatic carbocycles. The molecule has 0 heterocycles. The third-order valence-corrected chi connectivity index (χ3v) is 3.45. The number of para-hydroxylation sites is 2. The lowest BCUT2D eigenvalue weighted by Crippen LogP contribution is -2.21. The Hall–Kier alpha value is -3.42. The summed E-state index contributed by atoms with van der Waals surface area (Å²) in [6.07, 6.45) is 0. The van der Waals surface area contributed by atoms with Crippen molar-refractivity contribution in [1.29, 1.82) is 0 Å². The average Bonchev–Trinajstić information content (AvgIpc) is 2.53. The predicted molar refractivity (Wildman–Crippen MR) is 95.7 cm³/mol. The first-order valence-electron chi connectivity index (χ1n) is 7.26. The fourth-order valence-electron chi connectivity index (χ4n) is 2.32. The molecule has 0 spiro atoms. The van der Waals surface area contributed by atoms with E-state index in [9.17, 15) is 9.59 Å². The summed E-state index contributed by atoms with van der Waals surface area (Å²) in [6.45, 7) is 0.835. The number of rotatable bonds is 7. The van der Waals surface area contributed by atoms with Crippen LogP contribution in [0.4, 0.5) is 22.7 Å². The SMILES string of the molecule is NC(=O)c1cccc(N)c1NCCNc1c(N)cccc1C(N)=O. The van der Waals surface area contributed by atoms with Crippen molar-refractivity contribution in [2.45, 2.75) is 0 Å². The standard InChI is InChI=1S/C16H20N6O2/c17-11-5-1-3-9(15(19)23)13(11)21-7-8-22-14-10(16(20)24)4-2-6-12(14)18/h1-6,21-22H,7-8,17-18H2,(H2,19,23)(H2,20,24). The summed E-state index contributed by atoms with van der Waals surface area (Å²) >= 11 is 0. The van der Waals surface area contributed by atoms with Crippen LogP contribution in [0, 0.1) is 0 Å². The lowest BCUT2D eigenvalue weighted by atomic mass is 10.1. The third-order valence-electron chi connectivity index (χ3n) is 3.45. The van der Waals surface area contributed by atoms with E-state index in [-0.39, 0.29) is 0 Å². The Morgan fingerprint density at radius 3 is 1.46 bits per heavy atom. The first-order valence-corrected chi connectivity index (χ1v) is 7.26. The van der Waals surface area contributed by atoms with E-state index in [1.165, 1.54) is 0 Å². The van der Waals surface area contributed by atoms with Gasteiger partial charge >= 0.3 is 0 Å². The molecule has 0 aliphatic carbocycles. The van der Waals surface area contributed by atoms with Gasteiger partial charge in [-0.05, 0) is 24.3 Å². The minimum Gasteiger partial charge on any atom is -0.397 e. The van der Waals surface area contributed by atoms with Gasteiger partial charge in [-0.25, -0.2) is 0 Å². The lowest BCUT2D eigenvalue weighted by Gasteiger charge is -2.15. The van der Waals surface area contributed by atoms with Gasteiger partial charge in [-0.2, -0.15) is 0 Å². The highest BCUT2D eigenvalue weighted by Crippen LogP contribution is 2.24. The molecule has 0 saturated carbocycles. The predicted octanol–water partition coefficient (Wildman–Crippen LogP) is 0.573. The van der Waals surface area contributed by atoms with Gasteiger partial charge in [0, 0.05) is 13.1 Å². The average molecular weight is 328 g/mol. The molecular weight excluding hydrogens is 308 g/mol. The summed E-state index contributed by atoms with van der Waals surface area (Å²) in [5.41, 5.74) is 24.8. The Bertz CT molecular complexity index is 710. The summed E-state index contributed by atoms with van der Waals surface area (Å²) in [4.78, 5) is 22.9. The fourth-order valence-corrected chi connectivity index (χ4v) is 2.32. The fraction of sp³-hybridized carbons (Fsp3) is 0.125. The van der Waals surface area contributed by atoms with Crippen molar-refractivity contribution in [3.63, 3.8) is 0 Å². The van der Waals surface area contributed by atoms with E-state index in [0.29, 0.717) is 47.0 Å². The van der Waals surface area contributed by atoms with Crippen molar-refractivity contribution in [3.8, 4) is 0 Å². The highest BCUT2D eigenvalue weighted by molar-refractivity contribution is 6.02. The first-order chi connectivity index (χ1) is 11.4. The van der Waals surface area contributed by atoms with Crippen LogP contribution >= 0.6 is 0 Å². The summed E-state index contributed by atoms with van der Waals surface area (Å²) in [6, 6.07) is 9.83. The van der Waals surface area contributed by atoms with Gasteiger partial charge in [0.2, 0.25) is 0 Å². The largest absolute Gasteiger partial charge is 0.397 e. The van der Waals surface area contributed by atoms with Crippen molar-refractivity contribution >= 4 is 34.6 Å². The lowest BCUT2D eigenvalue weighted by molar-refractivity contribution is 0.0992. The number of amides is 2. The number of anilines is 4. The molecule has 0 radical (unpaired) electrons. The van der Waals surface area contributed by atoms with Crippen LogP contribution in [0.2, 0.25) is 0 Å². The number of benzene rings is 2. The Balaban J connectivity index is 2.05. The van der Waals surface area contributed by atoms with Crippen LogP contribution in [0.1, 0.15) is 20.7 Å². The highest BCUT2D eigenvalue weighted by Gasteiger charge is 2.12. The van der Waals surface area contributed by atoms with E-state index in [1.807, 2.05) is 0 Å². The molecule has 0 aliphatic heterocycles. The molecule has 2 amide bonds. The molecule has 126 valence electrons. The maximum atomic E-state index is 11.4. The first kappa shape index (κ1) is 16.9. The third kappa shape index (κ3) is 3.67. The number of hydrogen-bond acceptors (Lipinski definition) is 6. The van der Waals surface area contributed by atoms with Gasteiger partial charge < -0.3 is 33.6 Å². The highest BCUT2D eigenvalue weighted by atomic mass is 16.1. The van der Waals surface area contributed by atoms with Crippen molar-refractivity contribution in [2.24, 2.45) is 11.5 Å². The molecule has 8 nitrogen and oxygen atoms in total. The van der Waals surface area contributed by atoms with Gasteiger partial charge in [-0.15, -0.1) is 0 Å². The van der Waals surface area contributed by atoms with E-state index in [1.54, 1.807) is 36.4 Å². The second kappa shape index (κ2) is 7.23. The Labute approximate surface area is 139 Å². The monoisotopic (exact) mass is 328 g/mol. The van der Waals surface area contributed by atoms with Crippen LogP contribution in [0.3, 0.4) is 0 Å². The van der Waals surface area contributed by atoms with E-state index < -0.39 is 11.8 Å². The summed E-state index contributed by atoms with van der Waals surface area (Å²) in [7, 11) is 0. The zero-order chi connectivity index (χ0) is 17.7. The second-order valence-electron chi connectivity index (χ2n) is 5.12. The zero-order valence-electron chi connectivity index (χ0n) is 13.0. The van der Waals surface area contributed by atoms with Gasteiger partial charge in [0.15, 0.2) is 0 Å². The summed E-state index contributed by atoms with van der Waals surface area (Å²) in [5, 5.41) is 6.11. The quantitative estimate of drug-likeness (QED) is 0.321.